The Morgan fingerprint density at radius 2 is 1.94 bits per heavy atom. The van der Waals surface area contributed by atoms with Gasteiger partial charge in [0.25, 0.3) is 0 Å². The lowest BCUT2D eigenvalue weighted by Gasteiger charge is -2.14. The summed E-state index contributed by atoms with van der Waals surface area (Å²) in [5.74, 6) is 0. The zero-order chi connectivity index (χ0) is 11.8. The van der Waals surface area contributed by atoms with Crippen LogP contribution in [0.3, 0.4) is 0 Å². The Morgan fingerprint density at radius 1 is 1.19 bits per heavy atom. The molecule has 0 spiro atoms. The monoisotopic (exact) mass is 215 g/mol. The molecular weight excluding hydrogens is 198 g/mol. The maximum Gasteiger partial charge on any atom is 0.0995 e. The molecule has 84 valence electrons. The van der Waals surface area contributed by atoms with E-state index in [1.54, 1.807) is 0 Å². The van der Waals surface area contributed by atoms with Crippen LogP contribution in [0.1, 0.15) is 32.0 Å². The molecule has 0 N–H and O–H groups in total. The van der Waals surface area contributed by atoms with E-state index in [1.807, 2.05) is 30.2 Å². The van der Waals surface area contributed by atoms with E-state index in [0.29, 0.717) is 0 Å². The summed E-state index contributed by atoms with van der Waals surface area (Å²) >= 11 is 0. The summed E-state index contributed by atoms with van der Waals surface area (Å²) in [5, 5.41) is 0. The standard InChI is InChI=1S/C13H17N3/c1-10-5-11(7-14-6-10)16-8-12(15-9-16)13(2,3)4/h5-9H,1-4H3. The summed E-state index contributed by atoms with van der Waals surface area (Å²) in [5.41, 5.74) is 3.39. The Morgan fingerprint density at radius 3 is 2.50 bits per heavy atom. The molecule has 2 aromatic rings. The van der Waals surface area contributed by atoms with Crippen molar-refractivity contribution in [2.75, 3.05) is 0 Å². The fourth-order valence-electron chi connectivity index (χ4n) is 1.53. The van der Waals surface area contributed by atoms with Crippen molar-refractivity contribution in [1.29, 1.82) is 0 Å². The van der Waals surface area contributed by atoms with Crippen LogP contribution < -0.4 is 0 Å². The Balaban J connectivity index is 2.39. The summed E-state index contributed by atoms with van der Waals surface area (Å²) in [6.45, 7) is 8.52. The van der Waals surface area contributed by atoms with Gasteiger partial charge < -0.3 is 4.57 Å². The number of aryl methyl sites for hydroxylation is 1. The van der Waals surface area contributed by atoms with Gasteiger partial charge >= 0.3 is 0 Å². The van der Waals surface area contributed by atoms with Crippen molar-refractivity contribution in [3.8, 4) is 5.69 Å². The summed E-state index contributed by atoms with van der Waals surface area (Å²) in [6, 6.07) is 2.10. The second-order valence-corrected chi connectivity index (χ2v) is 5.14. The molecular formula is C13H17N3. The average Bonchev–Trinajstić information content (AvgIpc) is 2.65. The fourth-order valence-corrected chi connectivity index (χ4v) is 1.53. The number of pyridine rings is 1. The third kappa shape index (κ3) is 2.13. The zero-order valence-corrected chi connectivity index (χ0v) is 10.2. The van der Waals surface area contributed by atoms with Crippen molar-refractivity contribution in [2.24, 2.45) is 0 Å². The van der Waals surface area contributed by atoms with Crippen LogP contribution >= 0.6 is 0 Å². The van der Waals surface area contributed by atoms with E-state index in [0.717, 1.165) is 16.9 Å². The highest BCUT2D eigenvalue weighted by Gasteiger charge is 2.16. The molecule has 0 amide bonds. The number of hydrogen-bond acceptors (Lipinski definition) is 2. The molecule has 0 saturated heterocycles. The maximum atomic E-state index is 4.43. The summed E-state index contributed by atoms with van der Waals surface area (Å²) in [6.07, 6.45) is 7.61. The van der Waals surface area contributed by atoms with Crippen molar-refractivity contribution in [3.63, 3.8) is 0 Å². The van der Waals surface area contributed by atoms with Gasteiger partial charge in [-0.2, -0.15) is 0 Å². The van der Waals surface area contributed by atoms with Crippen LogP contribution in [-0.2, 0) is 5.41 Å². The Kier molecular flexibility index (Phi) is 2.54. The molecule has 0 aromatic carbocycles. The van der Waals surface area contributed by atoms with Gasteiger partial charge in [0.15, 0.2) is 0 Å². The third-order valence-corrected chi connectivity index (χ3v) is 2.51. The van der Waals surface area contributed by atoms with Crippen LogP contribution in [0.4, 0.5) is 0 Å². The lowest BCUT2D eigenvalue weighted by atomic mass is 9.93. The van der Waals surface area contributed by atoms with Crippen molar-refractivity contribution in [2.45, 2.75) is 33.1 Å². The predicted octanol–water partition coefficient (Wildman–Crippen LogP) is 2.87. The van der Waals surface area contributed by atoms with Gasteiger partial charge in [-0.05, 0) is 18.6 Å². The molecule has 0 unspecified atom stereocenters. The Hall–Kier alpha value is -1.64. The number of rotatable bonds is 1. The van der Waals surface area contributed by atoms with Crippen LogP contribution in [-0.4, -0.2) is 14.5 Å². The second-order valence-electron chi connectivity index (χ2n) is 5.14. The molecule has 3 heteroatoms. The van der Waals surface area contributed by atoms with Gasteiger partial charge in [0.2, 0.25) is 0 Å². The molecule has 2 aromatic heterocycles. The minimum Gasteiger partial charge on any atom is -0.304 e. The van der Waals surface area contributed by atoms with Gasteiger partial charge in [-0.1, -0.05) is 20.8 Å². The van der Waals surface area contributed by atoms with E-state index in [9.17, 15) is 0 Å². The highest BCUT2D eigenvalue weighted by molar-refractivity contribution is 5.32. The zero-order valence-electron chi connectivity index (χ0n) is 10.2. The predicted molar refractivity (Wildman–Crippen MR) is 64.8 cm³/mol. The molecule has 0 aliphatic heterocycles. The maximum absolute atomic E-state index is 4.43. The van der Waals surface area contributed by atoms with E-state index in [1.165, 1.54) is 0 Å². The summed E-state index contributed by atoms with van der Waals surface area (Å²) in [7, 11) is 0. The molecule has 3 nitrogen and oxygen atoms in total. The molecule has 0 bridgehead atoms. The first-order valence-corrected chi connectivity index (χ1v) is 5.43. The molecule has 0 atom stereocenters. The summed E-state index contributed by atoms with van der Waals surface area (Å²) in [4.78, 5) is 8.61. The first kappa shape index (κ1) is 10.9. The first-order valence-electron chi connectivity index (χ1n) is 5.43. The quantitative estimate of drug-likeness (QED) is 0.732. The van der Waals surface area contributed by atoms with E-state index in [2.05, 4.69) is 43.0 Å². The highest BCUT2D eigenvalue weighted by Crippen LogP contribution is 2.21. The smallest absolute Gasteiger partial charge is 0.0995 e. The molecule has 2 heterocycles. The van der Waals surface area contributed by atoms with E-state index in [-0.39, 0.29) is 5.41 Å². The van der Waals surface area contributed by atoms with Crippen LogP contribution in [0, 0.1) is 6.92 Å². The fraction of sp³-hybridized carbons (Fsp3) is 0.385. The van der Waals surface area contributed by atoms with E-state index >= 15 is 0 Å². The Labute approximate surface area is 96.2 Å². The van der Waals surface area contributed by atoms with Crippen molar-refractivity contribution in [1.82, 2.24) is 14.5 Å². The van der Waals surface area contributed by atoms with Crippen LogP contribution in [0.25, 0.3) is 5.69 Å². The van der Waals surface area contributed by atoms with Gasteiger partial charge in [-0.3, -0.25) is 4.98 Å². The summed E-state index contributed by atoms with van der Waals surface area (Å²) < 4.78 is 2.01. The van der Waals surface area contributed by atoms with Gasteiger partial charge in [0, 0.05) is 17.8 Å². The van der Waals surface area contributed by atoms with E-state index < -0.39 is 0 Å². The van der Waals surface area contributed by atoms with Crippen molar-refractivity contribution in [3.05, 3.63) is 42.2 Å². The lowest BCUT2D eigenvalue weighted by Crippen LogP contribution is -2.11. The van der Waals surface area contributed by atoms with Gasteiger partial charge in [-0.25, -0.2) is 4.98 Å². The topological polar surface area (TPSA) is 30.7 Å². The highest BCUT2D eigenvalue weighted by atomic mass is 15.0. The Bertz CT molecular complexity index is 492. The lowest BCUT2D eigenvalue weighted by molar-refractivity contribution is 0.572. The molecule has 0 radical (unpaired) electrons. The van der Waals surface area contributed by atoms with Gasteiger partial charge in [0.05, 0.1) is 23.9 Å². The largest absolute Gasteiger partial charge is 0.304 e. The van der Waals surface area contributed by atoms with Gasteiger partial charge in [-0.15, -0.1) is 0 Å². The van der Waals surface area contributed by atoms with Crippen LogP contribution in [0.5, 0.6) is 0 Å². The van der Waals surface area contributed by atoms with Crippen molar-refractivity contribution < 1.29 is 0 Å². The van der Waals surface area contributed by atoms with Crippen molar-refractivity contribution >= 4 is 0 Å². The minimum absolute atomic E-state index is 0.0858. The van der Waals surface area contributed by atoms with Crippen LogP contribution in [0.2, 0.25) is 0 Å². The number of imidazole rings is 1. The first-order chi connectivity index (χ1) is 7.47. The third-order valence-electron chi connectivity index (χ3n) is 2.51. The number of hydrogen-bond donors (Lipinski definition) is 0. The minimum atomic E-state index is 0.0858. The molecule has 0 aliphatic rings. The molecule has 0 fully saturated rings. The second kappa shape index (κ2) is 3.74. The molecule has 0 saturated carbocycles. The normalized spacial score (nSPS) is 11.8. The van der Waals surface area contributed by atoms with Crippen LogP contribution in [0.15, 0.2) is 31.0 Å². The molecule has 2 rings (SSSR count). The average molecular weight is 215 g/mol. The number of nitrogens with zero attached hydrogens (tertiary/aromatic N) is 3. The molecule has 16 heavy (non-hydrogen) atoms. The van der Waals surface area contributed by atoms with E-state index in [4.69, 9.17) is 0 Å². The number of aromatic nitrogens is 3. The SMILES string of the molecule is Cc1cncc(-n2cnc(C(C)(C)C)c2)c1. The van der Waals surface area contributed by atoms with Gasteiger partial charge in [0.1, 0.15) is 0 Å². The molecule has 0 aliphatic carbocycles.